The summed E-state index contributed by atoms with van der Waals surface area (Å²) in [5.41, 5.74) is 2.56. The molecule has 0 spiro atoms. The summed E-state index contributed by atoms with van der Waals surface area (Å²) in [4.78, 5) is 27.0. The van der Waals surface area contributed by atoms with E-state index in [9.17, 15) is 14.0 Å². The van der Waals surface area contributed by atoms with Crippen molar-refractivity contribution < 1.29 is 23.5 Å². The second-order valence-corrected chi connectivity index (χ2v) is 9.36. The number of methoxy groups -OCH3 is 1. The van der Waals surface area contributed by atoms with Crippen LogP contribution >= 0.6 is 27.7 Å². The molecule has 0 radical (unpaired) electrons. The van der Waals surface area contributed by atoms with Crippen molar-refractivity contribution in [3.63, 3.8) is 0 Å². The van der Waals surface area contributed by atoms with Crippen LogP contribution in [0.1, 0.15) is 16.7 Å². The first-order chi connectivity index (χ1) is 16.4. The maximum absolute atomic E-state index is 13.1. The molecule has 8 heteroatoms. The fourth-order valence-corrected chi connectivity index (χ4v) is 4.69. The minimum absolute atomic E-state index is 0.239. The smallest absolute Gasteiger partial charge is 0.293 e. The highest BCUT2D eigenvalue weighted by Gasteiger charge is 2.34. The van der Waals surface area contributed by atoms with Gasteiger partial charge in [-0.1, -0.05) is 58.4 Å². The summed E-state index contributed by atoms with van der Waals surface area (Å²) in [6.07, 6.45) is 2.27. The topological polar surface area (TPSA) is 55.8 Å². The summed E-state index contributed by atoms with van der Waals surface area (Å²) < 4.78 is 25.1. The number of hydrogen-bond donors (Lipinski definition) is 0. The normalized spacial score (nSPS) is 14.7. The predicted molar refractivity (Wildman–Crippen MR) is 134 cm³/mol. The summed E-state index contributed by atoms with van der Waals surface area (Å²) >= 11 is 4.44. The lowest BCUT2D eigenvalue weighted by Crippen LogP contribution is -2.30. The molecular weight excluding hydrogens is 521 g/mol. The van der Waals surface area contributed by atoms with Crippen molar-refractivity contribution in [3.05, 3.63) is 98.6 Å². The number of carbonyl (C=O) groups is 2. The Balaban J connectivity index is 1.48. The minimum Gasteiger partial charge on any atom is -0.493 e. The van der Waals surface area contributed by atoms with Gasteiger partial charge < -0.3 is 9.47 Å². The molecule has 2 amide bonds. The highest BCUT2D eigenvalue weighted by molar-refractivity contribution is 9.10. The zero-order valence-electron chi connectivity index (χ0n) is 18.3. The maximum atomic E-state index is 13.1. The number of benzene rings is 3. The van der Waals surface area contributed by atoms with Crippen LogP contribution in [0.15, 0.2) is 76.1 Å². The standard InChI is InChI=1S/C26H21BrFNO4S/c1-32-22-13-19(21(27)15-23(22)33-16-18-7-9-20(28)10-8-18)14-24-25(30)29(26(31)34-24)12-11-17-5-3-2-4-6-17/h2-10,13-15H,11-12,16H2,1H3/b24-14-. The second-order valence-electron chi connectivity index (χ2n) is 7.51. The first kappa shape index (κ1) is 24.0. The Bertz CT molecular complexity index is 1230. The van der Waals surface area contributed by atoms with Gasteiger partial charge in [0.05, 0.1) is 12.0 Å². The van der Waals surface area contributed by atoms with Crippen molar-refractivity contribution in [2.45, 2.75) is 13.0 Å². The number of thioether (sulfide) groups is 1. The summed E-state index contributed by atoms with van der Waals surface area (Å²) in [5, 5.41) is -0.283. The van der Waals surface area contributed by atoms with Crippen LogP contribution in [0.3, 0.4) is 0 Å². The average molecular weight is 542 g/mol. The molecule has 1 heterocycles. The fourth-order valence-electron chi connectivity index (χ4n) is 3.40. The molecule has 0 saturated carbocycles. The third-order valence-electron chi connectivity index (χ3n) is 5.22. The summed E-state index contributed by atoms with van der Waals surface area (Å²) in [7, 11) is 1.52. The van der Waals surface area contributed by atoms with Gasteiger partial charge in [0.15, 0.2) is 11.5 Å². The van der Waals surface area contributed by atoms with Crippen molar-refractivity contribution in [1.29, 1.82) is 0 Å². The van der Waals surface area contributed by atoms with E-state index in [1.807, 2.05) is 30.3 Å². The van der Waals surface area contributed by atoms with Crippen molar-refractivity contribution >= 4 is 44.9 Å². The molecule has 3 aromatic rings. The molecule has 0 unspecified atom stereocenters. The van der Waals surface area contributed by atoms with Crippen LogP contribution in [-0.4, -0.2) is 29.7 Å². The van der Waals surface area contributed by atoms with E-state index in [0.29, 0.717) is 39.4 Å². The predicted octanol–water partition coefficient (Wildman–Crippen LogP) is 6.45. The van der Waals surface area contributed by atoms with Gasteiger partial charge in [-0.3, -0.25) is 14.5 Å². The van der Waals surface area contributed by atoms with Crippen LogP contribution in [0, 0.1) is 5.82 Å². The van der Waals surface area contributed by atoms with Crippen molar-refractivity contribution in [1.82, 2.24) is 4.90 Å². The fraction of sp³-hybridized carbons (Fsp3) is 0.154. The van der Waals surface area contributed by atoms with Gasteiger partial charge in [0.1, 0.15) is 12.4 Å². The Morgan fingerprint density at radius 1 is 1.00 bits per heavy atom. The number of ether oxygens (including phenoxy) is 2. The van der Waals surface area contributed by atoms with Gasteiger partial charge in [-0.05, 0) is 65.2 Å². The summed E-state index contributed by atoms with van der Waals surface area (Å²) in [5.74, 6) is 0.345. The molecule has 174 valence electrons. The molecule has 1 aliphatic heterocycles. The van der Waals surface area contributed by atoms with E-state index in [0.717, 1.165) is 22.9 Å². The number of nitrogens with zero attached hydrogens (tertiary/aromatic N) is 1. The second kappa shape index (κ2) is 10.9. The van der Waals surface area contributed by atoms with E-state index in [1.54, 1.807) is 30.3 Å². The molecule has 0 atom stereocenters. The SMILES string of the molecule is COc1cc(/C=C2\SC(=O)N(CCc3ccccc3)C2=O)c(Br)cc1OCc1ccc(F)cc1. The Morgan fingerprint density at radius 2 is 1.74 bits per heavy atom. The highest BCUT2D eigenvalue weighted by atomic mass is 79.9. The van der Waals surface area contributed by atoms with Crippen LogP contribution in [0.2, 0.25) is 0 Å². The molecule has 1 fully saturated rings. The number of imide groups is 1. The van der Waals surface area contributed by atoms with Gasteiger partial charge in [0.2, 0.25) is 0 Å². The van der Waals surface area contributed by atoms with E-state index in [-0.39, 0.29) is 23.6 Å². The van der Waals surface area contributed by atoms with E-state index >= 15 is 0 Å². The van der Waals surface area contributed by atoms with Crippen LogP contribution in [0.5, 0.6) is 11.5 Å². The lowest BCUT2D eigenvalue weighted by molar-refractivity contribution is -0.122. The zero-order valence-corrected chi connectivity index (χ0v) is 20.7. The Labute approximate surface area is 209 Å². The number of halogens is 2. The van der Waals surface area contributed by atoms with E-state index < -0.39 is 0 Å². The largest absolute Gasteiger partial charge is 0.493 e. The molecule has 0 aliphatic carbocycles. The Morgan fingerprint density at radius 3 is 2.44 bits per heavy atom. The number of amides is 2. The molecule has 34 heavy (non-hydrogen) atoms. The number of carbonyl (C=O) groups excluding carboxylic acids is 2. The first-order valence-corrected chi connectivity index (χ1v) is 12.1. The van der Waals surface area contributed by atoms with Crippen LogP contribution in [-0.2, 0) is 17.8 Å². The number of rotatable bonds is 8. The van der Waals surface area contributed by atoms with Crippen LogP contribution in [0.4, 0.5) is 9.18 Å². The minimum atomic E-state index is -0.312. The highest BCUT2D eigenvalue weighted by Crippen LogP contribution is 2.38. The van der Waals surface area contributed by atoms with E-state index in [4.69, 9.17) is 9.47 Å². The van der Waals surface area contributed by atoms with Gasteiger partial charge in [-0.15, -0.1) is 0 Å². The average Bonchev–Trinajstić information content (AvgIpc) is 3.11. The lowest BCUT2D eigenvalue weighted by Gasteiger charge is -2.13. The van der Waals surface area contributed by atoms with Gasteiger partial charge >= 0.3 is 0 Å². The molecule has 3 aromatic carbocycles. The van der Waals surface area contributed by atoms with Crippen LogP contribution in [0.25, 0.3) is 6.08 Å². The Kier molecular flexibility index (Phi) is 7.70. The first-order valence-electron chi connectivity index (χ1n) is 10.5. The third-order valence-corrected chi connectivity index (χ3v) is 6.81. The maximum Gasteiger partial charge on any atom is 0.293 e. The molecule has 0 bridgehead atoms. The van der Waals surface area contributed by atoms with Crippen molar-refractivity contribution in [2.75, 3.05) is 13.7 Å². The molecular formula is C26H21BrFNO4S. The van der Waals surface area contributed by atoms with Gasteiger partial charge in [0.25, 0.3) is 11.1 Å². The molecule has 0 aromatic heterocycles. The van der Waals surface area contributed by atoms with Crippen molar-refractivity contribution in [2.24, 2.45) is 0 Å². The molecule has 1 aliphatic rings. The van der Waals surface area contributed by atoms with Gasteiger partial charge in [-0.25, -0.2) is 4.39 Å². The molecule has 0 N–H and O–H groups in total. The van der Waals surface area contributed by atoms with Gasteiger partial charge in [-0.2, -0.15) is 0 Å². The van der Waals surface area contributed by atoms with E-state index in [1.165, 1.54) is 24.1 Å². The molecule has 4 rings (SSSR count). The monoisotopic (exact) mass is 541 g/mol. The third kappa shape index (κ3) is 5.69. The van der Waals surface area contributed by atoms with Gasteiger partial charge in [0, 0.05) is 11.0 Å². The summed E-state index contributed by atoms with van der Waals surface area (Å²) in [6.45, 7) is 0.565. The number of hydrogen-bond acceptors (Lipinski definition) is 5. The quantitative estimate of drug-likeness (QED) is 0.306. The van der Waals surface area contributed by atoms with E-state index in [2.05, 4.69) is 15.9 Å². The van der Waals surface area contributed by atoms with Crippen molar-refractivity contribution in [3.8, 4) is 11.5 Å². The Hall–Kier alpha value is -3.10. The van der Waals surface area contributed by atoms with Crippen LogP contribution < -0.4 is 9.47 Å². The molecule has 5 nitrogen and oxygen atoms in total. The lowest BCUT2D eigenvalue weighted by atomic mass is 10.1. The zero-order chi connectivity index (χ0) is 24.1. The molecule has 1 saturated heterocycles. The summed E-state index contributed by atoms with van der Waals surface area (Å²) in [6, 6.07) is 19.3.